The number of nitrogens with zero attached hydrogens (tertiary/aromatic N) is 1. The van der Waals surface area contributed by atoms with Crippen LogP contribution in [-0.2, 0) is 9.59 Å². The number of ether oxygens (including phenoxy) is 2. The first-order valence-electron chi connectivity index (χ1n) is 13.1. The summed E-state index contributed by atoms with van der Waals surface area (Å²) in [5.74, 6) is -0.123. The van der Waals surface area contributed by atoms with Gasteiger partial charge in [-0.2, -0.15) is 0 Å². The van der Waals surface area contributed by atoms with Crippen LogP contribution in [0.25, 0.3) is 6.08 Å². The minimum atomic E-state index is -0.598. The van der Waals surface area contributed by atoms with Gasteiger partial charge in [0.1, 0.15) is 17.2 Å². The maximum absolute atomic E-state index is 13.3. The molecule has 0 saturated heterocycles. The Morgan fingerprint density at radius 2 is 1.57 bits per heavy atom. The molecule has 0 aromatic heterocycles. The third-order valence-electron chi connectivity index (χ3n) is 6.11. The van der Waals surface area contributed by atoms with Crippen molar-refractivity contribution in [3.8, 4) is 11.5 Å². The molecule has 4 aromatic carbocycles. The van der Waals surface area contributed by atoms with Gasteiger partial charge in [-0.1, -0.05) is 18.2 Å². The zero-order valence-electron chi connectivity index (χ0n) is 23.7. The van der Waals surface area contributed by atoms with Gasteiger partial charge in [-0.15, -0.1) is 11.8 Å². The van der Waals surface area contributed by atoms with Crippen LogP contribution in [0.2, 0.25) is 0 Å². The van der Waals surface area contributed by atoms with Crippen molar-refractivity contribution in [2.45, 2.75) is 4.90 Å². The van der Waals surface area contributed by atoms with E-state index >= 15 is 0 Å². The van der Waals surface area contributed by atoms with Crippen molar-refractivity contribution >= 4 is 52.6 Å². The Balaban J connectivity index is 1.42. The Morgan fingerprint density at radius 3 is 2.20 bits per heavy atom. The monoisotopic (exact) mass is 612 g/mol. The lowest BCUT2D eigenvalue weighted by Crippen LogP contribution is -2.30. The molecular weight excluding hydrogens is 584 g/mol. The molecule has 44 heavy (non-hydrogen) atoms. The molecule has 0 bridgehead atoms. The van der Waals surface area contributed by atoms with E-state index in [9.17, 15) is 24.5 Å². The van der Waals surface area contributed by atoms with Crippen LogP contribution in [0.3, 0.4) is 0 Å². The molecule has 0 aliphatic rings. The van der Waals surface area contributed by atoms with Gasteiger partial charge in [0.25, 0.3) is 17.5 Å². The lowest BCUT2D eigenvalue weighted by Gasteiger charge is -2.12. The fourth-order valence-corrected chi connectivity index (χ4v) is 4.58. The number of rotatable bonds is 12. The number of methoxy groups -OCH3 is 2. The molecule has 11 nitrogen and oxygen atoms in total. The molecule has 0 unspecified atom stereocenters. The second-order valence-corrected chi connectivity index (χ2v) is 10.2. The molecule has 0 aliphatic heterocycles. The van der Waals surface area contributed by atoms with Crippen molar-refractivity contribution in [3.05, 3.63) is 124 Å². The quantitative estimate of drug-likeness (QED) is 0.0792. The van der Waals surface area contributed by atoms with Gasteiger partial charge >= 0.3 is 0 Å². The highest BCUT2D eigenvalue weighted by molar-refractivity contribution is 8.00. The summed E-state index contributed by atoms with van der Waals surface area (Å²) in [6.45, 7) is 0. The van der Waals surface area contributed by atoms with Gasteiger partial charge in [0.15, 0.2) is 0 Å². The SMILES string of the molecule is COc1ccc(OC)c(NC(=O)CSc2ccc(NC(=O)/C(=C/c3ccc([N+](=O)[O-])cc3)NC(=O)c3ccccc3)cc2)c1. The molecule has 0 atom stereocenters. The Hall–Kier alpha value is -5.62. The van der Waals surface area contributed by atoms with Crippen LogP contribution in [0.15, 0.2) is 108 Å². The van der Waals surface area contributed by atoms with Gasteiger partial charge in [-0.05, 0) is 72.3 Å². The first-order valence-corrected chi connectivity index (χ1v) is 14.1. The number of nitro benzene ring substituents is 1. The second kappa shape index (κ2) is 15.0. The summed E-state index contributed by atoms with van der Waals surface area (Å²) in [6.07, 6.45) is 1.43. The molecule has 3 amide bonds. The van der Waals surface area contributed by atoms with E-state index in [0.29, 0.717) is 34.0 Å². The zero-order valence-corrected chi connectivity index (χ0v) is 24.6. The lowest BCUT2D eigenvalue weighted by atomic mass is 10.1. The highest BCUT2D eigenvalue weighted by atomic mass is 32.2. The third-order valence-corrected chi connectivity index (χ3v) is 7.12. The summed E-state index contributed by atoms with van der Waals surface area (Å²) in [4.78, 5) is 49.9. The van der Waals surface area contributed by atoms with E-state index in [4.69, 9.17) is 9.47 Å². The molecule has 3 N–H and O–H groups in total. The molecule has 224 valence electrons. The predicted molar refractivity (Wildman–Crippen MR) is 169 cm³/mol. The minimum Gasteiger partial charge on any atom is -0.497 e. The number of anilines is 2. The summed E-state index contributed by atoms with van der Waals surface area (Å²) < 4.78 is 10.5. The summed E-state index contributed by atoms with van der Waals surface area (Å²) >= 11 is 1.30. The van der Waals surface area contributed by atoms with E-state index in [-0.39, 0.29) is 23.0 Å². The molecular formula is C32H28N4O7S. The van der Waals surface area contributed by atoms with Gasteiger partial charge < -0.3 is 25.4 Å². The standard InChI is InChI=1S/C32H28N4O7S/c1-42-25-14-17-29(43-2)27(19-25)34-30(37)20-44-26-15-10-23(11-16-26)33-32(39)28(35-31(38)22-6-4-3-5-7-22)18-21-8-12-24(13-9-21)36(40)41/h3-19H,20H2,1-2H3,(H,33,39)(H,34,37)(H,35,38)/b28-18-. The molecule has 0 spiro atoms. The number of benzene rings is 4. The fraction of sp³-hybridized carbons (Fsp3) is 0.0938. The van der Waals surface area contributed by atoms with Crippen molar-refractivity contribution in [1.82, 2.24) is 5.32 Å². The largest absolute Gasteiger partial charge is 0.497 e. The van der Waals surface area contributed by atoms with Gasteiger partial charge in [-0.25, -0.2) is 0 Å². The van der Waals surface area contributed by atoms with Crippen LogP contribution in [-0.4, -0.2) is 42.6 Å². The van der Waals surface area contributed by atoms with Crippen LogP contribution >= 0.6 is 11.8 Å². The average molecular weight is 613 g/mol. The molecule has 4 rings (SSSR count). The van der Waals surface area contributed by atoms with Crippen LogP contribution in [0, 0.1) is 10.1 Å². The number of hydrogen-bond acceptors (Lipinski definition) is 8. The third kappa shape index (κ3) is 8.69. The normalized spacial score (nSPS) is 10.8. The number of nitro groups is 1. The van der Waals surface area contributed by atoms with Crippen molar-refractivity contribution in [3.63, 3.8) is 0 Å². The summed E-state index contributed by atoms with van der Waals surface area (Å²) in [5.41, 5.74) is 1.62. The van der Waals surface area contributed by atoms with Gasteiger partial charge in [0.05, 0.1) is 30.6 Å². The number of amides is 3. The summed E-state index contributed by atoms with van der Waals surface area (Å²) in [7, 11) is 3.05. The Labute approximate surface area is 257 Å². The molecule has 0 aliphatic carbocycles. The molecule has 12 heteroatoms. The number of non-ortho nitro benzene ring substituents is 1. The lowest BCUT2D eigenvalue weighted by molar-refractivity contribution is -0.384. The highest BCUT2D eigenvalue weighted by Crippen LogP contribution is 2.29. The first-order chi connectivity index (χ1) is 21.2. The number of carbonyl (C=O) groups excluding carboxylic acids is 3. The van der Waals surface area contributed by atoms with Gasteiger partial charge in [0.2, 0.25) is 5.91 Å². The fourth-order valence-electron chi connectivity index (χ4n) is 3.88. The Morgan fingerprint density at radius 1 is 0.864 bits per heavy atom. The highest BCUT2D eigenvalue weighted by Gasteiger charge is 2.16. The van der Waals surface area contributed by atoms with Crippen LogP contribution in [0.1, 0.15) is 15.9 Å². The van der Waals surface area contributed by atoms with Crippen molar-refractivity contribution in [2.24, 2.45) is 0 Å². The van der Waals surface area contributed by atoms with Crippen LogP contribution in [0.4, 0.5) is 17.1 Å². The predicted octanol–water partition coefficient (Wildman–Crippen LogP) is 5.75. The average Bonchev–Trinajstić information content (AvgIpc) is 3.04. The smallest absolute Gasteiger partial charge is 0.272 e. The maximum atomic E-state index is 13.3. The molecule has 0 fully saturated rings. The molecule has 4 aromatic rings. The van der Waals surface area contributed by atoms with Gasteiger partial charge in [0, 0.05) is 34.3 Å². The van der Waals surface area contributed by atoms with E-state index in [0.717, 1.165) is 4.90 Å². The molecule has 0 radical (unpaired) electrons. The number of carbonyl (C=O) groups is 3. The Kier molecular flexibility index (Phi) is 10.7. The van der Waals surface area contributed by atoms with Crippen LogP contribution in [0.5, 0.6) is 11.5 Å². The number of nitrogens with one attached hydrogen (secondary N) is 3. The molecule has 0 saturated carbocycles. The summed E-state index contributed by atoms with van der Waals surface area (Å²) in [6, 6.07) is 25.9. The maximum Gasteiger partial charge on any atom is 0.272 e. The van der Waals surface area contributed by atoms with E-state index in [1.165, 1.54) is 56.3 Å². The van der Waals surface area contributed by atoms with Gasteiger partial charge in [-0.3, -0.25) is 24.5 Å². The minimum absolute atomic E-state index is 0.0594. The first kappa shape index (κ1) is 31.3. The van der Waals surface area contributed by atoms with E-state index in [1.807, 2.05) is 0 Å². The number of thioether (sulfide) groups is 1. The Bertz CT molecular complexity index is 1680. The van der Waals surface area contributed by atoms with E-state index in [2.05, 4.69) is 16.0 Å². The topological polar surface area (TPSA) is 149 Å². The van der Waals surface area contributed by atoms with E-state index in [1.54, 1.807) is 72.8 Å². The second-order valence-electron chi connectivity index (χ2n) is 9.11. The molecule has 0 heterocycles. The van der Waals surface area contributed by atoms with Crippen LogP contribution < -0.4 is 25.4 Å². The van der Waals surface area contributed by atoms with Crippen molar-refractivity contribution < 1.29 is 28.8 Å². The van der Waals surface area contributed by atoms with Crippen molar-refractivity contribution in [2.75, 3.05) is 30.6 Å². The summed E-state index contributed by atoms with van der Waals surface area (Å²) in [5, 5.41) is 19.2. The van der Waals surface area contributed by atoms with E-state index < -0.39 is 16.7 Å². The zero-order chi connectivity index (χ0) is 31.5. The van der Waals surface area contributed by atoms with Crippen molar-refractivity contribution in [1.29, 1.82) is 0 Å². The number of hydrogen-bond donors (Lipinski definition) is 3.